The van der Waals surface area contributed by atoms with Crippen molar-refractivity contribution in [3.05, 3.63) is 67.3 Å². The van der Waals surface area contributed by atoms with E-state index in [1.54, 1.807) is 6.08 Å². The SMILES string of the molecule is C=CC(=O)NCOC(=O)/C=C/c1ccccc1.C=CC(=O)OCC(C)O. The number of ether oxygens (including phenoxy) is 2. The Morgan fingerprint density at radius 3 is 2.31 bits per heavy atom. The third-order valence-corrected chi connectivity index (χ3v) is 2.49. The molecule has 0 aromatic heterocycles. The van der Waals surface area contributed by atoms with Crippen molar-refractivity contribution in [2.45, 2.75) is 13.0 Å². The second-order valence-corrected chi connectivity index (χ2v) is 4.78. The molecule has 0 radical (unpaired) electrons. The predicted octanol–water partition coefficient (Wildman–Crippen LogP) is 1.60. The van der Waals surface area contributed by atoms with Crippen LogP contribution < -0.4 is 5.32 Å². The highest BCUT2D eigenvalue weighted by atomic mass is 16.5. The molecular formula is C19H23NO6. The third kappa shape index (κ3) is 13.3. The molecule has 0 heterocycles. The third-order valence-electron chi connectivity index (χ3n) is 2.49. The van der Waals surface area contributed by atoms with Gasteiger partial charge in [-0.1, -0.05) is 43.5 Å². The summed E-state index contributed by atoms with van der Waals surface area (Å²) in [5.74, 6) is -1.40. The maximum atomic E-state index is 11.2. The van der Waals surface area contributed by atoms with Gasteiger partial charge in [-0.3, -0.25) is 4.79 Å². The van der Waals surface area contributed by atoms with Gasteiger partial charge in [-0.2, -0.15) is 0 Å². The van der Waals surface area contributed by atoms with Crippen molar-refractivity contribution in [3.63, 3.8) is 0 Å². The maximum absolute atomic E-state index is 11.2. The first kappa shape index (κ1) is 22.8. The standard InChI is InChI=1S/C13H13NO3.C6H10O3/c1-2-12(15)14-10-17-13(16)9-8-11-6-4-3-5-7-11;1-3-6(8)9-4-5(2)7/h2-9H,1,10H2,(H,14,15);3,5,7H,1,4H2,2H3/b9-8+;. The predicted molar refractivity (Wildman–Crippen MR) is 97.6 cm³/mol. The van der Waals surface area contributed by atoms with Crippen molar-refractivity contribution >= 4 is 23.9 Å². The highest BCUT2D eigenvalue weighted by molar-refractivity contribution is 5.88. The Hall–Kier alpha value is -3.19. The van der Waals surface area contributed by atoms with E-state index in [1.807, 2.05) is 30.3 Å². The summed E-state index contributed by atoms with van der Waals surface area (Å²) >= 11 is 0. The summed E-state index contributed by atoms with van der Waals surface area (Å²) in [5.41, 5.74) is 0.902. The summed E-state index contributed by atoms with van der Waals surface area (Å²) in [5, 5.41) is 10.9. The number of nitrogens with one attached hydrogen (secondary N) is 1. The fourth-order valence-corrected chi connectivity index (χ4v) is 1.29. The van der Waals surface area contributed by atoms with Gasteiger partial charge in [-0.05, 0) is 24.6 Å². The molecule has 26 heavy (non-hydrogen) atoms. The van der Waals surface area contributed by atoms with Gasteiger partial charge in [0.05, 0.1) is 6.10 Å². The molecule has 0 aliphatic rings. The molecule has 0 aliphatic carbocycles. The lowest BCUT2D eigenvalue weighted by Gasteiger charge is -2.02. The van der Waals surface area contributed by atoms with Crippen LogP contribution in [0.2, 0.25) is 0 Å². The van der Waals surface area contributed by atoms with Crippen LogP contribution in [0.25, 0.3) is 6.08 Å². The van der Waals surface area contributed by atoms with Crippen molar-refractivity contribution < 1.29 is 29.0 Å². The summed E-state index contributed by atoms with van der Waals surface area (Å²) in [7, 11) is 0. The summed E-state index contributed by atoms with van der Waals surface area (Å²) in [4.78, 5) is 32.2. The molecule has 0 fully saturated rings. The van der Waals surface area contributed by atoms with Gasteiger partial charge in [-0.15, -0.1) is 0 Å². The number of aliphatic hydroxyl groups excluding tert-OH is 1. The first-order chi connectivity index (χ1) is 12.4. The van der Waals surface area contributed by atoms with Gasteiger partial charge in [0.1, 0.15) is 6.61 Å². The van der Waals surface area contributed by atoms with Crippen LogP contribution in [0.5, 0.6) is 0 Å². The smallest absolute Gasteiger partial charge is 0.332 e. The van der Waals surface area contributed by atoms with E-state index in [2.05, 4.69) is 23.2 Å². The van der Waals surface area contributed by atoms with E-state index < -0.39 is 18.0 Å². The number of rotatable bonds is 8. The van der Waals surface area contributed by atoms with E-state index in [9.17, 15) is 14.4 Å². The Morgan fingerprint density at radius 2 is 1.77 bits per heavy atom. The molecule has 0 aliphatic heterocycles. The summed E-state index contributed by atoms with van der Waals surface area (Å²) < 4.78 is 9.18. The molecule has 2 N–H and O–H groups in total. The Balaban J connectivity index is 0.000000590. The molecule has 0 saturated carbocycles. The van der Waals surface area contributed by atoms with Gasteiger partial charge in [-0.25, -0.2) is 9.59 Å². The van der Waals surface area contributed by atoms with Crippen LogP contribution in [0.3, 0.4) is 0 Å². The lowest BCUT2D eigenvalue weighted by Crippen LogP contribution is -2.25. The summed E-state index contributed by atoms with van der Waals surface area (Å²) in [6.07, 6.45) is 4.50. The molecule has 0 spiro atoms. The number of benzene rings is 1. The van der Waals surface area contributed by atoms with Gasteiger partial charge in [0.25, 0.3) is 0 Å². The maximum Gasteiger partial charge on any atom is 0.332 e. The van der Waals surface area contributed by atoms with E-state index in [0.717, 1.165) is 17.7 Å². The molecule has 1 aromatic carbocycles. The zero-order chi connectivity index (χ0) is 19.8. The molecule has 1 rings (SSSR count). The normalized spacial score (nSPS) is 10.7. The Labute approximate surface area is 152 Å². The first-order valence-corrected chi connectivity index (χ1v) is 7.66. The fraction of sp³-hybridized carbons (Fsp3) is 0.211. The molecule has 7 heteroatoms. The molecule has 1 aromatic rings. The van der Waals surface area contributed by atoms with Crippen molar-refractivity contribution in [2.24, 2.45) is 0 Å². The van der Waals surface area contributed by atoms with Crippen LogP contribution in [-0.4, -0.2) is 42.4 Å². The van der Waals surface area contributed by atoms with Gasteiger partial charge < -0.3 is 19.9 Å². The van der Waals surface area contributed by atoms with Gasteiger partial charge in [0.2, 0.25) is 5.91 Å². The lowest BCUT2D eigenvalue weighted by molar-refractivity contribution is -0.140. The van der Waals surface area contributed by atoms with Gasteiger partial charge in [0, 0.05) is 12.2 Å². The van der Waals surface area contributed by atoms with Crippen LogP contribution in [0.4, 0.5) is 0 Å². The highest BCUT2D eigenvalue weighted by Crippen LogP contribution is 2.00. The molecule has 140 valence electrons. The molecule has 0 saturated heterocycles. The average molecular weight is 361 g/mol. The largest absolute Gasteiger partial charge is 0.460 e. The summed E-state index contributed by atoms with van der Waals surface area (Å²) in [6, 6.07) is 9.36. The zero-order valence-electron chi connectivity index (χ0n) is 14.6. The van der Waals surface area contributed by atoms with Crippen molar-refractivity contribution in [1.29, 1.82) is 0 Å². The Bertz CT molecular complexity index is 622. The monoisotopic (exact) mass is 361 g/mol. The van der Waals surface area contributed by atoms with Crippen molar-refractivity contribution in [1.82, 2.24) is 5.32 Å². The highest BCUT2D eigenvalue weighted by Gasteiger charge is 1.98. The lowest BCUT2D eigenvalue weighted by atomic mass is 10.2. The van der Waals surface area contributed by atoms with Crippen LogP contribution in [0.15, 0.2) is 61.7 Å². The Morgan fingerprint density at radius 1 is 1.12 bits per heavy atom. The van der Waals surface area contributed by atoms with Crippen molar-refractivity contribution in [2.75, 3.05) is 13.3 Å². The van der Waals surface area contributed by atoms with Crippen LogP contribution >= 0.6 is 0 Å². The van der Waals surface area contributed by atoms with Crippen LogP contribution in [0, 0.1) is 0 Å². The number of aliphatic hydroxyl groups is 1. The zero-order valence-corrected chi connectivity index (χ0v) is 14.6. The minimum absolute atomic E-state index is 0.0326. The van der Waals surface area contributed by atoms with E-state index >= 15 is 0 Å². The number of amides is 1. The molecule has 1 atom stereocenters. The number of hydrogen-bond acceptors (Lipinski definition) is 6. The minimum Gasteiger partial charge on any atom is -0.460 e. The number of hydrogen-bond donors (Lipinski definition) is 2. The molecule has 0 bridgehead atoms. The van der Waals surface area contributed by atoms with E-state index in [4.69, 9.17) is 9.84 Å². The molecular weight excluding hydrogens is 338 g/mol. The quantitative estimate of drug-likeness (QED) is 0.414. The second kappa shape index (κ2) is 14.2. The number of carbonyl (C=O) groups is 3. The summed E-state index contributed by atoms with van der Waals surface area (Å²) in [6.45, 7) is 7.86. The van der Waals surface area contributed by atoms with E-state index in [1.165, 1.54) is 13.0 Å². The Kier molecular flexibility index (Phi) is 12.4. The molecule has 1 amide bonds. The first-order valence-electron chi connectivity index (χ1n) is 7.66. The average Bonchev–Trinajstić information content (AvgIpc) is 2.65. The number of esters is 2. The van der Waals surface area contributed by atoms with E-state index in [-0.39, 0.29) is 19.2 Å². The molecule has 7 nitrogen and oxygen atoms in total. The van der Waals surface area contributed by atoms with E-state index in [0.29, 0.717) is 0 Å². The molecule has 1 unspecified atom stereocenters. The van der Waals surface area contributed by atoms with Crippen LogP contribution in [-0.2, 0) is 23.9 Å². The van der Waals surface area contributed by atoms with Gasteiger partial charge in [0.15, 0.2) is 6.73 Å². The van der Waals surface area contributed by atoms with Gasteiger partial charge >= 0.3 is 11.9 Å². The number of carbonyl (C=O) groups excluding carboxylic acids is 3. The minimum atomic E-state index is -0.603. The fourth-order valence-electron chi connectivity index (χ4n) is 1.29. The second-order valence-electron chi connectivity index (χ2n) is 4.78. The van der Waals surface area contributed by atoms with Crippen molar-refractivity contribution in [3.8, 4) is 0 Å². The van der Waals surface area contributed by atoms with Crippen LogP contribution in [0.1, 0.15) is 12.5 Å². The topological polar surface area (TPSA) is 102 Å².